The van der Waals surface area contributed by atoms with Crippen molar-refractivity contribution in [2.24, 2.45) is 0 Å². The van der Waals surface area contributed by atoms with Crippen LogP contribution in [0.3, 0.4) is 0 Å². The number of imidazole rings is 1. The number of para-hydroxylation sites is 2. The fraction of sp³-hybridized carbons (Fsp3) is 0.105. The van der Waals surface area contributed by atoms with Crippen LogP contribution in [-0.4, -0.2) is 15.0 Å². The molecular formula is C19H14CuFN4. The van der Waals surface area contributed by atoms with Gasteiger partial charge in [-0.1, -0.05) is 36.4 Å². The van der Waals surface area contributed by atoms with Gasteiger partial charge in [-0.05, 0) is 48.0 Å². The zero-order valence-electron chi connectivity index (χ0n) is 13.3. The summed E-state index contributed by atoms with van der Waals surface area (Å²) in [6, 6.07) is 18.1. The molecule has 3 heterocycles. The van der Waals surface area contributed by atoms with Gasteiger partial charge in [-0.3, -0.25) is 9.97 Å². The van der Waals surface area contributed by atoms with E-state index in [-0.39, 0.29) is 17.1 Å². The van der Waals surface area contributed by atoms with Gasteiger partial charge >= 0.3 is 17.1 Å². The summed E-state index contributed by atoms with van der Waals surface area (Å²) in [5, 5.41) is 0. The van der Waals surface area contributed by atoms with Crippen LogP contribution in [0.1, 0.15) is 23.3 Å². The van der Waals surface area contributed by atoms with Crippen molar-refractivity contribution in [1.29, 1.82) is 0 Å². The molecular weight excluding hydrogens is 367 g/mol. The first-order valence-electron chi connectivity index (χ1n) is 7.65. The Morgan fingerprint density at radius 2 is 1.56 bits per heavy atom. The van der Waals surface area contributed by atoms with Crippen LogP contribution in [0.15, 0.2) is 60.7 Å². The molecule has 0 aliphatic heterocycles. The van der Waals surface area contributed by atoms with E-state index < -0.39 is 6.17 Å². The Kier molecular flexibility index (Phi) is 4.93. The van der Waals surface area contributed by atoms with Crippen LogP contribution in [0, 0.1) is 6.92 Å². The Bertz CT molecular complexity index is 982. The molecule has 0 aliphatic carbocycles. The third-order valence-corrected chi connectivity index (χ3v) is 3.76. The van der Waals surface area contributed by atoms with Crippen molar-refractivity contribution in [1.82, 2.24) is 19.9 Å². The molecule has 0 bridgehead atoms. The molecule has 0 fully saturated rings. The van der Waals surface area contributed by atoms with E-state index in [1.54, 1.807) is 30.3 Å². The van der Waals surface area contributed by atoms with E-state index in [0.29, 0.717) is 22.9 Å². The molecule has 1 unspecified atom stereocenters. The maximum Gasteiger partial charge on any atom is 1.00 e. The van der Waals surface area contributed by atoms with E-state index in [4.69, 9.17) is 0 Å². The van der Waals surface area contributed by atoms with Gasteiger partial charge in [0.1, 0.15) is 0 Å². The predicted molar refractivity (Wildman–Crippen MR) is 90.2 cm³/mol. The number of benzene rings is 1. The van der Waals surface area contributed by atoms with Gasteiger partial charge in [0, 0.05) is 5.69 Å². The molecule has 4 aromatic rings. The number of nitrogens with zero attached hydrogens (tertiary/aromatic N) is 4. The molecule has 1 atom stereocenters. The van der Waals surface area contributed by atoms with Gasteiger partial charge in [-0.25, -0.2) is 4.39 Å². The summed E-state index contributed by atoms with van der Waals surface area (Å²) >= 11 is 0. The van der Waals surface area contributed by atoms with E-state index in [2.05, 4.69) is 19.9 Å². The SMILES string of the molecule is Cc1cccc(C(F)c2cccc(-c3nc4ccccc4[n-]3)n2)n1.[Cu+]. The molecule has 0 spiro atoms. The first-order valence-corrected chi connectivity index (χ1v) is 7.65. The maximum atomic E-state index is 14.8. The van der Waals surface area contributed by atoms with Crippen LogP contribution in [0.2, 0.25) is 0 Å². The van der Waals surface area contributed by atoms with Crippen molar-refractivity contribution in [3.8, 4) is 11.5 Å². The molecule has 0 N–H and O–H groups in total. The summed E-state index contributed by atoms with van der Waals surface area (Å²) in [5.41, 5.74) is 3.59. The largest absolute Gasteiger partial charge is 1.00 e. The van der Waals surface area contributed by atoms with Gasteiger partial charge in [0.05, 0.1) is 17.1 Å². The molecule has 0 amide bonds. The van der Waals surface area contributed by atoms with Gasteiger partial charge in [0.2, 0.25) is 0 Å². The standard InChI is InChI=1S/C19H14FN4.Cu/c1-12-6-4-9-15(21-12)18(20)16-10-5-11-17(22-16)19-23-13-7-2-3-8-14(13)24-19;/h2-11,18H,1H3;/q-1;+1. The molecule has 6 heteroatoms. The Morgan fingerprint density at radius 1 is 0.840 bits per heavy atom. The second-order valence-electron chi connectivity index (χ2n) is 5.55. The number of hydrogen-bond donors (Lipinski definition) is 0. The van der Waals surface area contributed by atoms with Crippen LogP contribution in [-0.2, 0) is 17.1 Å². The normalized spacial score (nSPS) is 11.9. The molecule has 0 saturated carbocycles. The molecule has 0 saturated heterocycles. The van der Waals surface area contributed by atoms with E-state index in [1.165, 1.54) is 0 Å². The molecule has 0 aliphatic rings. The fourth-order valence-electron chi connectivity index (χ4n) is 2.59. The number of hydrogen-bond acceptors (Lipinski definition) is 3. The zero-order chi connectivity index (χ0) is 16.5. The summed E-state index contributed by atoms with van der Waals surface area (Å²) in [4.78, 5) is 17.6. The van der Waals surface area contributed by atoms with Crippen molar-refractivity contribution < 1.29 is 21.5 Å². The number of pyridine rings is 2. The Morgan fingerprint density at radius 3 is 2.32 bits per heavy atom. The number of rotatable bonds is 3. The first kappa shape index (κ1) is 17.3. The topological polar surface area (TPSA) is 52.8 Å². The van der Waals surface area contributed by atoms with Crippen LogP contribution in [0.25, 0.3) is 22.6 Å². The maximum absolute atomic E-state index is 14.8. The zero-order valence-corrected chi connectivity index (χ0v) is 14.3. The molecule has 25 heavy (non-hydrogen) atoms. The Hall–Kier alpha value is -2.56. The van der Waals surface area contributed by atoms with Gasteiger partial charge in [-0.2, -0.15) is 0 Å². The average Bonchev–Trinajstić information content (AvgIpc) is 3.05. The Balaban J connectivity index is 0.00000182. The third-order valence-electron chi connectivity index (χ3n) is 3.76. The van der Waals surface area contributed by atoms with E-state index in [1.807, 2.05) is 37.3 Å². The van der Waals surface area contributed by atoms with E-state index in [9.17, 15) is 4.39 Å². The molecule has 4 rings (SSSR count). The van der Waals surface area contributed by atoms with E-state index in [0.717, 1.165) is 16.7 Å². The minimum atomic E-state index is -1.38. The van der Waals surface area contributed by atoms with Crippen LogP contribution in [0.5, 0.6) is 0 Å². The Labute approximate surface area is 155 Å². The minimum absolute atomic E-state index is 0. The quantitative estimate of drug-likeness (QED) is 0.504. The van der Waals surface area contributed by atoms with Crippen LogP contribution >= 0.6 is 0 Å². The summed E-state index contributed by atoms with van der Waals surface area (Å²) in [7, 11) is 0. The first-order chi connectivity index (χ1) is 11.7. The van der Waals surface area contributed by atoms with Gasteiger partial charge in [0.15, 0.2) is 6.17 Å². The fourth-order valence-corrected chi connectivity index (χ4v) is 2.59. The van der Waals surface area contributed by atoms with Crippen LogP contribution < -0.4 is 4.98 Å². The molecule has 1 aromatic carbocycles. The smallest absolute Gasteiger partial charge is 0.434 e. The number of aryl methyl sites for hydroxylation is 1. The average molecular weight is 381 g/mol. The second-order valence-corrected chi connectivity index (χ2v) is 5.55. The molecule has 128 valence electrons. The summed E-state index contributed by atoms with van der Waals surface area (Å²) in [6.07, 6.45) is -1.38. The van der Waals surface area contributed by atoms with Gasteiger partial charge in [-0.15, -0.1) is 0 Å². The van der Waals surface area contributed by atoms with E-state index >= 15 is 0 Å². The predicted octanol–water partition coefficient (Wildman–Crippen LogP) is 4.01. The summed E-state index contributed by atoms with van der Waals surface area (Å²) in [6.45, 7) is 1.84. The summed E-state index contributed by atoms with van der Waals surface area (Å²) < 4.78 is 14.8. The molecule has 4 nitrogen and oxygen atoms in total. The number of alkyl halides is 1. The van der Waals surface area contributed by atoms with Crippen molar-refractivity contribution >= 4 is 11.0 Å². The minimum Gasteiger partial charge on any atom is -0.434 e. The molecule has 0 radical (unpaired) electrons. The second kappa shape index (κ2) is 7.13. The van der Waals surface area contributed by atoms with Crippen molar-refractivity contribution in [3.05, 3.63) is 77.7 Å². The van der Waals surface area contributed by atoms with Gasteiger partial charge < -0.3 is 9.97 Å². The van der Waals surface area contributed by atoms with Crippen molar-refractivity contribution in [2.75, 3.05) is 0 Å². The monoisotopic (exact) mass is 380 g/mol. The number of aromatic nitrogens is 4. The van der Waals surface area contributed by atoms with Gasteiger partial charge in [0.25, 0.3) is 0 Å². The number of fused-ring (bicyclic) bond motifs is 1. The number of halogens is 1. The van der Waals surface area contributed by atoms with Crippen molar-refractivity contribution in [3.63, 3.8) is 0 Å². The third kappa shape index (κ3) is 3.45. The summed E-state index contributed by atoms with van der Waals surface area (Å²) in [5.74, 6) is 0.502. The van der Waals surface area contributed by atoms with Crippen molar-refractivity contribution in [2.45, 2.75) is 13.1 Å². The molecule has 3 aromatic heterocycles. The van der Waals surface area contributed by atoms with Crippen LogP contribution in [0.4, 0.5) is 4.39 Å².